The van der Waals surface area contributed by atoms with Crippen molar-refractivity contribution in [2.75, 3.05) is 19.7 Å². The first-order chi connectivity index (χ1) is 13.4. The van der Waals surface area contributed by atoms with Crippen LogP contribution in [0.5, 0.6) is 0 Å². The minimum Gasteiger partial charge on any atom is -0.459 e. The first kappa shape index (κ1) is 18.7. The van der Waals surface area contributed by atoms with Gasteiger partial charge in [0.15, 0.2) is 17.8 Å². The van der Waals surface area contributed by atoms with Crippen LogP contribution in [-0.2, 0) is 4.74 Å². The Balaban J connectivity index is 1.43. The highest BCUT2D eigenvalue weighted by Crippen LogP contribution is 2.40. The van der Waals surface area contributed by atoms with E-state index in [4.69, 9.17) is 13.6 Å². The number of likely N-dealkylation sites (tertiary alicyclic amines) is 1. The number of piperidine rings is 1. The Morgan fingerprint density at radius 2 is 2.14 bits per heavy atom. The van der Waals surface area contributed by atoms with E-state index in [1.807, 2.05) is 6.92 Å². The number of carbonyl (C=O) groups excluding carboxylic acids is 2. The molecule has 28 heavy (non-hydrogen) atoms. The number of aliphatic hydroxyl groups is 1. The molecular formula is C19H23N3O6. The van der Waals surface area contributed by atoms with E-state index in [0.29, 0.717) is 32.4 Å². The molecule has 2 fully saturated rings. The van der Waals surface area contributed by atoms with Crippen molar-refractivity contribution in [1.82, 2.24) is 15.2 Å². The van der Waals surface area contributed by atoms with E-state index in [0.717, 1.165) is 0 Å². The number of rotatable bonds is 3. The molecule has 0 aromatic carbocycles. The Morgan fingerprint density at radius 1 is 1.36 bits per heavy atom. The predicted octanol–water partition coefficient (Wildman–Crippen LogP) is 1.21. The molecule has 2 N–H and O–H groups in total. The molecule has 2 aromatic heterocycles. The lowest BCUT2D eigenvalue weighted by Crippen LogP contribution is -2.65. The van der Waals surface area contributed by atoms with Crippen molar-refractivity contribution in [2.24, 2.45) is 0 Å². The van der Waals surface area contributed by atoms with Crippen LogP contribution >= 0.6 is 0 Å². The highest BCUT2D eigenvalue weighted by atomic mass is 16.5. The van der Waals surface area contributed by atoms with Crippen molar-refractivity contribution in [3.8, 4) is 0 Å². The third kappa shape index (κ3) is 3.43. The van der Waals surface area contributed by atoms with Gasteiger partial charge in [-0.1, -0.05) is 0 Å². The fourth-order valence-corrected chi connectivity index (χ4v) is 4.05. The van der Waals surface area contributed by atoms with Crippen LogP contribution in [0, 0.1) is 0 Å². The molecule has 1 spiro atoms. The van der Waals surface area contributed by atoms with E-state index in [2.05, 4.69) is 10.3 Å². The van der Waals surface area contributed by atoms with E-state index >= 15 is 0 Å². The normalized spacial score (nSPS) is 26.9. The highest BCUT2D eigenvalue weighted by Gasteiger charge is 2.50. The van der Waals surface area contributed by atoms with Crippen molar-refractivity contribution in [3.05, 3.63) is 42.5 Å². The van der Waals surface area contributed by atoms with Gasteiger partial charge >= 0.3 is 0 Å². The summed E-state index contributed by atoms with van der Waals surface area (Å²) in [7, 11) is 0. The van der Waals surface area contributed by atoms with Crippen molar-refractivity contribution >= 4 is 11.8 Å². The van der Waals surface area contributed by atoms with Crippen LogP contribution in [0.3, 0.4) is 0 Å². The highest BCUT2D eigenvalue weighted by molar-refractivity contribution is 5.92. The molecule has 2 aliphatic heterocycles. The van der Waals surface area contributed by atoms with E-state index in [1.54, 1.807) is 17.0 Å². The van der Waals surface area contributed by atoms with Gasteiger partial charge < -0.3 is 28.9 Å². The second kappa shape index (κ2) is 7.06. The molecule has 9 heteroatoms. The molecule has 9 nitrogen and oxygen atoms in total. The zero-order chi connectivity index (χ0) is 19.8. The van der Waals surface area contributed by atoms with Gasteiger partial charge in [-0.15, -0.1) is 0 Å². The quantitative estimate of drug-likeness (QED) is 0.810. The van der Waals surface area contributed by atoms with Crippen LogP contribution in [0.4, 0.5) is 0 Å². The first-order valence-corrected chi connectivity index (χ1v) is 9.26. The molecule has 0 aliphatic carbocycles. The summed E-state index contributed by atoms with van der Waals surface area (Å²) in [6, 6.07) is 3.22. The zero-order valence-corrected chi connectivity index (χ0v) is 15.6. The van der Waals surface area contributed by atoms with Crippen molar-refractivity contribution in [2.45, 2.75) is 43.4 Å². The van der Waals surface area contributed by atoms with Crippen LogP contribution in [0.15, 0.2) is 39.9 Å². The van der Waals surface area contributed by atoms with E-state index in [-0.39, 0.29) is 29.9 Å². The molecule has 0 saturated carbocycles. The number of furan rings is 1. The smallest absolute Gasteiger partial charge is 0.287 e. The van der Waals surface area contributed by atoms with Crippen LogP contribution in [-0.4, -0.2) is 63.7 Å². The Labute approximate surface area is 161 Å². The summed E-state index contributed by atoms with van der Waals surface area (Å²) in [5, 5.41) is 13.4. The summed E-state index contributed by atoms with van der Waals surface area (Å²) in [5.41, 5.74) is -1.09. The number of aliphatic hydroxyl groups excluding tert-OH is 1. The number of oxazole rings is 1. The monoisotopic (exact) mass is 389 g/mol. The number of aromatic nitrogens is 1. The molecule has 2 aromatic rings. The topological polar surface area (TPSA) is 118 Å². The Hall–Kier alpha value is -2.65. The lowest BCUT2D eigenvalue weighted by atomic mass is 9.74. The summed E-state index contributed by atoms with van der Waals surface area (Å²) in [4.78, 5) is 30.5. The maximum absolute atomic E-state index is 12.4. The number of nitrogens with zero attached hydrogens (tertiary/aromatic N) is 2. The second-order valence-electron chi connectivity index (χ2n) is 7.70. The molecule has 150 valence electrons. The number of nitrogens with one attached hydrogen (secondary N) is 1. The molecule has 2 saturated heterocycles. The summed E-state index contributed by atoms with van der Waals surface area (Å²) in [6.45, 7) is 2.94. The molecule has 0 radical (unpaired) electrons. The molecule has 4 heterocycles. The number of hydrogen-bond acceptors (Lipinski definition) is 7. The molecule has 2 aliphatic rings. The van der Waals surface area contributed by atoms with Crippen molar-refractivity contribution < 1.29 is 28.3 Å². The molecule has 4 rings (SSSR count). The Morgan fingerprint density at radius 3 is 2.79 bits per heavy atom. The number of ether oxygens (including phenoxy) is 1. The van der Waals surface area contributed by atoms with Crippen LogP contribution in [0.25, 0.3) is 0 Å². The van der Waals surface area contributed by atoms with E-state index in [1.165, 1.54) is 18.9 Å². The number of hydrogen-bond donors (Lipinski definition) is 2. The van der Waals surface area contributed by atoms with Gasteiger partial charge in [0, 0.05) is 19.5 Å². The van der Waals surface area contributed by atoms with Gasteiger partial charge in [0.25, 0.3) is 11.8 Å². The van der Waals surface area contributed by atoms with Crippen molar-refractivity contribution in [3.63, 3.8) is 0 Å². The minimum atomic E-state index is -0.861. The summed E-state index contributed by atoms with van der Waals surface area (Å²) in [6.07, 6.45) is 4.82. The predicted molar refractivity (Wildman–Crippen MR) is 95.5 cm³/mol. The maximum Gasteiger partial charge on any atom is 0.287 e. The average Bonchev–Trinajstić information content (AvgIpc) is 3.39. The second-order valence-corrected chi connectivity index (χ2v) is 7.70. The standard InChI is InChI=1S/C19H23N3O6/c1-18(21-16(24)14-3-2-8-27-14)11-19(28-10-15(18)23)4-6-22(7-5-19)17(25)13-9-26-12-20-13/h2-3,8-9,12,15,23H,4-7,10-11H2,1H3,(H,21,24)/t15-,18-/m1/s1. The molecule has 0 bridgehead atoms. The zero-order valence-electron chi connectivity index (χ0n) is 15.6. The van der Waals surface area contributed by atoms with Gasteiger partial charge in [-0.3, -0.25) is 9.59 Å². The third-order valence-corrected chi connectivity index (χ3v) is 5.73. The number of amides is 2. The average molecular weight is 389 g/mol. The van der Waals surface area contributed by atoms with E-state index in [9.17, 15) is 14.7 Å². The third-order valence-electron chi connectivity index (χ3n) is 5.73. The lowest BCUT2D eigenvalue weighted by Gasteiger charge is -2.51. The van der Waals surface area contributed by atoms with Gasteiger partial charge in [-0.25, -0.2) is 4.98 Å². The largest absolute Gasteiger partial charge is 0.459 e. The minimum absolute atomic E-state index is 0.117. The lowest BCUT2D eigenvalue weighted by molar-refractivity contribution is -0.175. The van der Waals surface area contributed by atoms with Gasteiger partial charge in [0.1, 0.15) is 12.4 Å². The van der Waals surface area contributed by atoms with Crippen molar-refractivity contribution in [1.29, 1.82) is 0 Å². The Kier molecular flexibility index (Phi) is 4.72. The fraction of sp³-hybridized carbons (Fsp3) is 0.526. The number of carbonyl (C=O) groups is 2. The van der Waals surface area contributed by atoms with Gasteiger partial charge in [0.2, 0.25) is 0 Å². The van der Waals surface area contributed by atoms with Gasteiger partial charge in [-0.2, -0.15) is 0 Å². The van der Waals surface area contributed by atoms with Crippen LogP contribution < -0.4 is 5.32 Å². The molecule has 2 amide bonds. The molecule has 0 unspecified atom stereocenters. The fourth-order valence-electron chi connectivity index (χ4n) is 4.05. The van der Waals surface area contributed by atoms with E-state index < -0.39 is 17.2 Å². The maximum atomic E-state index is 12.4. The van der Waals surface area contributed by atoms with Gasteiger partial charge in [0.05, 0.1) is 24.0 Å². The SMILES string of the molecule is C[C@@]1(NC(=O)c2ccco2)CC2(CCN(C(=O)c3cocn3)CC2)OC[C@H]1O. The Bertz CT molecular complexity index is 826. The van der Waals surface area contributed by atoms with Crippen LogP contribution in [0.1, 0.15) is 47.2 Å². The molecular weight excluding hydrogens is 366 g/mol. The summed E-state index contributed by atoms with van der Waals surface area (Å²) < 4.78 is 16.0. The summed E-state index contributed by atoms with van der Waals surface area (Å²) in [5.74, 6) is -0.349. The van der Waals surface area contributed by atoms with Gasteiger partial charge in [-0.05, 0) is 31.9 Å². The first-order valence-electron chi connectivity index (χ1n) is 9.26. The summed E-state index contributed by atoms with van der Waals surface area (Å²) >= 11 is 0. The van der Waals surface area contributed by atoms with Crippen LogP contribution in [0.2, 0.25) is 0 Å². The molecule has 2 atom stereocenters.